The van der Waals surface area contributed by atoms with Gasteiger partial charge >= 0.3 is 0 Å². The molecule has 0 saturated heterocycles. The summed E-state index contributed by atoms with van der Waals surface area (Å²) >= 11 is 1.30. The highest BCUT2D eigenvalue weighted by molar-refractivity contribution is 8.00. The number of hydrogen-bond donors (Lipinski definition) is 1. The topological polar surface area (TPSA) is 72.7 Å². The fourth-order valence-electron chi connectivity index (χ4n) is 2.54. The summed E-state index contributed by atoms with van der Waals surface area (Å²) in [7, 11) is 0. The van der Waals surface area contributed by atoms with Crippen LogP contribution in [0.5, 0.6) is 0 Å². The molecule has 140 valence electrons. The lowest BCUT2D eigenvalue weighted by Crippen LogP contribution is -2.32. The highest BCUT2D eigenvalue weighted by Crippen LogP contribution is 2.24. The van der Waals surface area contributed by atoms with E-state index in [2.05, 4.69) is 20.8 Å². The van der Waals surface area contributed by atoms with Crippen molar-refractivity contribution in [1.82, 2.24) is 25.5 Å². The summed E-state index contributed by atoms with van der Waals surface area (Å²) in [5, 5.41) is 14.9. The number of halogens is 1. The molecule has 1 amide bonds. The third-order valence-electron chi connectivity index (χ3n) is 4.06. The van der Waals surface area contributed by atoms with Gasteiger partial charge in [0.05, 0.1) is 10.9 Å². The van der Waals surface area contributed by atoms with Crippen molar-refractivity contribution in [2.75, 3.05) is 6.54 Å². The maximum absolute atomic E-state index is 12.9. The molecule has 0 spiro atoms. The molecular formula is C19H20FN5OS. The summed E-state index contributed by atoms with van der Waals surface area (Å²) in [4.78, 5) is 12.4. The lowest BCUT2D eigenvalue weighted by Gasteiger charge is -2.12. The molecule has 6 nitrogen and oxygen atoms in total. The number of aryl methyl sites for hydroxylation is 1. The van der Waals surface area contributed by atoms with E-state index in [1.807, 2.05) is 38.1 Å². The maximum Gasteiger partial charge on any atom is 0.233 e. The molecule has 0 aliphatic heterocycles. The number of thioether (sulfide) groups is 1. The number of tetrazole rings is 1. The normalized spacial score (nSPS) is 12.0. The number of para-hydroxylation sites is 1. The summed E-state index contributed by atoms with van der Waals surface area (Å²) in [6.07, 6.45) is 0.643. The molecule has 0 unspecified atom stereocenters. The molecular weight excluding hydrogens is 365 g/mol. The van der Waals surface area contributed by atoms with E-state index in [-0.39, 0.29) is 17.0 Å². The molecule has 2 aromatic carbocycles. The van der Waals surface area contributed by atoms with E-state index >= 15 is 0 Å². The average molecular weight is 385 g/mol. The van der Waals surface area contributed by atoms with Crippen LogP contribution in [0.25, 0.3) is 5.69 Å². The third-order valence-corrected chi connectivity index (χ3v) is 5.10. The van der Waals surface area contributed by atoms with Crippen LogP contribution in [-0.2, 0) is 11.2 Å². The Morgan fingerprint density at radius 2 is 1.96 bits per heavy atom. The Morgan fingerprint density at radius 1 is 1.22 bits per heavy atom. The molecule has 1 aromatic heterocycles. The van der Waals surface area contributed by atoms with Crippen molar-refractivity contribution in [3.63, 3.8) is 0 Å². The van der Waals surface area contributed by atoms with Gasteiger partial charge < -0.3 is 5.32 Å². The number of rotatable bonds is 7. The molecule has 0 radical (unpaired) electrons. The SMILES string of the molecule is Cc1ccccc1-n1nnnc1S[C@@H](C)C(=O)NCCc1ccc(F)cc1. The Morgan fingerprint density at radius 3 is 2.70 bits per heavy atom. The van der Waals surface area contributed by atoms with Crippen molar-refractivity contribution in [3.05, 3.63) is 65.5 Å². The minimum Gasteiger partial charge on any atom is -0.355 e. The number of hydrogen-bond acceptors (Lipinski definition) is 5. The lowest BCUT2D eigenvalue weighted by molar-refractivity contribution is -0.120. The first kappa shape index (κ1) is 19.0. The van der Waals surface area contributed by atoms with E-state index in [0.29, 0.717) is 18.1 Å². The van der Waals surface area contributed by atoms with Crippen LogP contribution < -0.4 is 5.32 Å². The molecule has 0 aliphatic rings. The quantitative estimate of drug-likeness (QED) is 0.633. The molecule has 0 fully saturated rings. The first-order valence-corrected chi connectivity index (χ1v) is 9.46. The maximum atomic E-state index is 12.9. The van der Waals surface area contributed by atoms with Crippen molar-refractivity contribution in [1.29, 1.82) is 0 Å². The highest BCUT2D eigenvalue weighted by atomic mass is 32.2. The van der Waals surface area contributed by atoms with Gasteiger partial charge in [-0.15, -0.1) is 5.10 Å². The Balaban J connectivity index is 1.57. The highest BCUT2D eigenvalue weighted by Gasteiger charge is 2.19. The van der Waals surface area contributed by atoms with Gasteiger partial charge in [-0.25, -0.2) is 4.39 Å². The fourth-order valence-corrected chi connectivity index (χ4v) is 3.37. The van der Waals surface area contributed by atoms with Crippen LogP contribution in [0, 0.1) is 12.7 Å². The molecule has 0 bridgehead atoms. The van der Waals surface area contributed by atoms with E-state index in [1.54, 1.807) is 16.8 Å². The molecule has 1 atom stereocenters. The van der Waals surface area contributed by atoms with Crippen LogP contribution in [0.15, 0.2) is 53.7 Å². The number of carbonyl (C=O) groups excluding carboxylic acids is 1. The van der Waals surface area contributed by atoms with Gasteiger partial charge in [-0.05, 0) is 60.0 Å². The van der Waals surface area contributed by atoms with E-state index < -0.39 is 0 Å². The van der Waals surface area contributed by atoms with Crippen molar-refractivity contribution in [3.8, 4) is 5.69 Å². The van der Waals surface area contributed by atoms with Crippen molar-refractivity contribution < 1.29 is 9.18 Å². The standard InChI is InChI=1S/C19H20FN5OS/c1-13-5-3-4-6-17(13)25-19(22-23-24-25)27-14(2)18(26)21-12-11-15-7-9-16(20)10-8-15/h3-10,14H,11-12H2,1-2H3,(H,21,26)/t14-/m0/s1. The summed E-state index contributed by atoms with van der Waals surface area (Å²) in [6.45, 7) is 4.28. The first-order chi connectivity index (χ1) is 13.0. The monoisotopic (exact) mass is 385 g/mol. The number of nitrogens with one attached hydrogen (secondary N) is 1. The predicted molar refractivity (Wildman–Crippen MR) is 102 cm³/mol. The second-order valence-corrected chi connectivity index (χ2v) is 7.40. The summed E-state index contributed by atoms with van der Waals surface area (Å²) in [5.41, 5.74) is 2.90. The van der Waals surface area contributed by atoms with Crippen LogP contribution in [0.3, 0.4) is 0 Å². The van der Waals surface area contributed by atoms with Crippen LogP contribution in [0.2, 0.25) is 0 Å². The van der Waals surface area contributed by atoms with Crippen LogP contribution in [0.1, 0.15) is 18.1 Å². The predicted octanol–water partition coefficient (Wildman–Crippen LogP) is 2.95. The van der Waals surface area contributed by atoms with E-state index in [1.165, 1.54) is 23.9 Å². The van der Waals surface area contributed by atoms with Gasteiger partial charge in [0.2, 0.25) is 11.1 Å². The van der Waals surface area contributed by atoms with Gasteiger partial charge in [-0.2, -0.15) is 4.68 Å². The number of aromatic nitrogens is 4. The Hall–Kier alpha value is -2.74. The summed E-state index contributed by atoms with van der Waals surface area (Å²) < 4.78 is 14.6. The molecule has 27 heavy (non-hydrogen) atoms. The molecule has 3 rings (SSSR count). The number of benzene rings is 2. The van der Waals surface area contributed by atoms with Gasteiger partial charge in [0.1, 0.15) is 5.82 Å². The number of nitrogens with zero attached hydrogens (tertiary/aromatic N) is 4. The molecule has 0 saturated carbocycles. The second kappa shape index (κ2) is 8.77. The average Bonchev–Trinajstić information content (AvgIpc) is 3.11. The van der Waals surface area contributed by atoms with Crippen LogP contribution in [0.4, 0.5) is 4.39 Å². The van der Waals surface area contributed by atoms with Crippen LogP contribution in [-0.4, -0.2) is 37.9 Å². The van der Waals surface area contributed by atoms with Gasteiger partial charge in [0.15, 0.2) is 0 Å². The fraction of sp³-hybridized carbons (Fsp3) is 0.263. The molecule has 3 aromatic rings. The smallest absolute Gasteiger partial charge is 0.233 e. The molecule has 0 aliphatic carbocycles. The zero-order chi connectivity index (χ0) is 19.2. The zero-order valence-corrected chi connectivity index (χ0v) is 15.9. The largest absolute Gasteiger partial charge is 0.355 e. The summed E-state index contributed by atoms with van der Waals surface area (Å²) in [5.74, 6) is -0.361. The Kier molecular flexibility index (Phi) is 6.18. The van der Waals surface area contributed by atoms with Crippen LogP contribution >= 0.6 is 11.8 Å². The van der Waals surface area contributed by atoms with Gasteiger partial charge in [-0.3, -0.25) is 4.79 Å². The first-order valence-electron chi connectivity index (χ1n) is 8.58. The Bertz CT molecular complexity index is 912. The van der Waals surface area contributed by atoms with Gasteiger partial charge in [0.25, 0.3) is 0 Å². The van der Waals surface area contributed by atoms with Gasteiger partial charge in [0, 0.05) is 6.54 Å². The number of carbonyl (C=O) groups is 1. The van der Waals surface area contributed by atoms with Crippen molar-refractivity contribution in [2.45, 2.75) is 30.7 Å². The van der Waals surface area contributed by atoms with Crippen molar-refractivity contribution in [2.24, 2.45) is 0 Å². The third kappa shape index (κ3) is 4.91. The van der Waals surface area contributed by atoms with E-state index in [0.717, 1.165) is 16.8 Å². The molecule has 8 heteroatoms. The van der Waals surface area contributed by atoms with E-state index in [9.17, 15) is 9.18 Å². The molecule has 1 heterocycles. The van der Waals surface area contributed by atoms with E-state index in [4.69, 9.17) is 0 Å². The zero-order valence-electron chi connectivity index (χ0n) is 15.1. The van der Waals surface area contributed by atoms with Crippen molar-refractivity contribution >= 4 is 17.7 Å². The second-order valence-electron chi connectivity index (χ2n) is 6.09. The Labute approximate surface area is 161 Å². The lowest BCUT2D eigenvalue weighted by atomic mass is 10.1. The minimum absolute atomic E-state index is 0.0959. The van der Waals surface area contributed by atoms with Gasteiger partial charge in [-0.1, -0.05) is 42.1 Å². The molecule has 1 N–H and O–H groups in total. The minimum atomic E-state index is -0.355. The number of amides is 1. The summed E-state index contributed by atoms with van der Waals surface area (Å²) in [6, 6.07) is 14.1.